The number of hydrogen-bond donors (Lipinski definition) is 2. The van der Waals surface area contributed by atoms with Gasteiger partial charge in [0.15, 0.2) is 0 Å². The van der Waals surface area contributed by atoms with Gasteiger partial charge in [0.25, 0.3) is 0 Å². The number of allylic oxidation sites excluding steroid dienone is 2. The molecule has 4 nitrogen and oxygen atoms in total. The molecule has 0 rings (SSSR count). The van der Waals surface area contributed by atoms with E-state index in [0.717, 1.165) is 11.4 Å². The summed E-state index contributed by atoms with van der Waals surface area (Å²) in [5.41, 5.74) is 7.85. The topological polar surface area (TPSA) is 42.5 Å². The van der Waals surface area contributed by atoms with Gasteiger partial charge in [-0.25, -0.2) is 0 Å². The van der Waals surface area contributed by atoms with Gasteiger partial charge in [-0.2, -0.15) is 0 Å². The van der Waals surface area contributed by atoms with Gasteiger partial charge in [0.1, 0.15) is 0 Å². The summed E-state index contributed by atoms with van der Waals surface area (Å²) in [4.78, 5) is 0. The molecule has 0 bridgehead atoms. The Hall–Kier alpha value is -0.566. The predicted molar refractivity (Wildman–Crippen MR) is 82.6 cm³/mol. The molecule has 0 aromatic carbocycles. The second-order valence-electron chi connectivity index (χ2n) is 6.04. The van der Waals surface area contributed by atoms with Gasteiger partial charge in [-0.05, 0) is 53.1 Å². The molecule has 0 saturated carbocycles. The number of hydrogen-bond acceptors (Lipinski definition) is 4. The van der Waals surface area contributed by atoms with Crippen molar-refractivity contribution in [2.24, 2.45) is 0 Å². The zero-order valence-corrected chi connectivity index (χ0v) is 15.0. The summed E-state index contributed by atoms with van der Waals surface area (Å²) in [5, 5.41) is 0. The van der Waals surface area contributed by atoms with E-state index in [0.29, 0.717) is 0 Å². The Morgan fingerprint density at radius 3 is 1.17 bits per heavy atom. The van der Waals surface area contributed by atoms with Gasteiger partial charge in [-0.15, -0.1) is 0 Å². The first-order chi connectivity index (χ1) is 8.09. The van der Waals surface area contributed by atoms with Crippen LogP contribution in [0.5, 0.6) is 0 Å². The lowest BCUT2D eigenvalue weighted by atomic mass is 10.3. The minimum Gasteiger partial charge on any atom is -0.323 e. The van der Waals surface area contributed by atoms with Crippen LogP contribution in [0.15, 0.2) is 23.5 Å². The summed E-state index contributed by atoms with van der Waals surface area (Å²) >= 11 is 0. The SMILES string of the molecule is CC=C(NO[Si](C)(C)C)C(=CC)NO[Si](C)(C)C. The van der Waals surface area contributed by atoms with Crippen LogP contribution in [0.4, 0.5) is 0 Å². The Labute approximate surface area is 114 Å². The molecule has 0 aliphatic heterocycles. The summed E-state index contributed by atoms with van der Waals surface area (Å²) in [6.45, 7) is 16.7. The monoisotopic (exact) mass is 288 g/mol. The molecule has 0 radical (unpaired) electrons. The summed E-state index contributed by atoms with van der Waals surface area (Å²) in [6, 6.07) is 0. The van der Waals surface area contributed by atoms with Crippen molar-refractivity contribution in [2.45, 2.75) is 53.1 Å². The van der Waals surface area contributed by atoms with Gasteiger partial charge in [0.05, 0.1) is 11.4 Å². The van der Waals surface area contributed by atoms with Crippen molar-refractivity contribution in [3.8, 4) is 0 Å². The lowest BCUT2D eigenvalue weighted by Crippen LogP contribution is -2.38. The summed E-state index contributed by atoms with van der Waals surface area (Å²) in [7, 11) is -3.19. The van der Waals surface area contributed by atoms with Gasteiger partial charge in [0, 0.05) is 0 Å². The lowest BCUT2D eigenvalue weighted by Gasteiger charge is -2.24. The third-order valence-corrected chi connectivity index (χ3v) is 3.23. The van der Waals surface area contributed by atoms with Gasteiger partial charge in [0.2, 0.25) is 16.6 Å². The van der Waals surface area contributed by atoms with E-state index in [9.17, 15) is 0 Å². The Kier molecular flexibility index (Phi) is 6.90. The van der Waals surface area contributed by atoms with E-state index in [2.05, 4.69) is 50.2 Å². The third kappa shape index (κ3) is 8.51. The fraction of sp³-hybridized carbons (Fsp3) is 0.667. The molecule has 2 N–H and O–H groups in total. The maximum absolute atomic E-state index is 5.69. The first kappa shape index (κ1) is 17.4. The quantitative estimate of drug-likeness (QED) is 0.427. The molecule has 0 unspecified atom stereocenters. The molecule has 0 atom stereocenters. The largest absolute Gasteiger partial charge is 0.323 e. The number of nitrogens with one attached hydrogen (secondary N) is 2. The van der Waals surface area contributed by atoms with Crippen LogP contribution >= 0.6 is 0 Å². The van der Waals surface area contributed by atoms with Crippen molar-refractivity contribution in [3.05, 3.63) is 23.5 Å². The summed E-state index contributed by atoms with van der Waals surface area (Å²) in [5.74, 6) is 0. The van der Waals surface area contributed by atoms with E-state index in [1.807, 2.05) is 26.0 Å². The molecule has 6 heteroatoms. The molecular weight excluding hydrogens is 260 g/mol. The highest BCUT2D eigenvalue weighted by Crippen LogP contribution is 2.09. The van der Waals surface area contributed by atoms with Crippen molar-refractivity contribution in [2.75, 3.05) is 0 Å². The molecule has 0 heterocycles. The van der Waals surface area contributed by atoms with Crippen LogP contribution in [-0.2, 0) is 9.05 Å². The van der Waals surface area contributed by atoms with Crippen molar-refractivity contribution in [3.63, 3.8) is 0 Å². The molecule has 0 fully saturated rings. The Bertz CT molecular complexity index is 283. The van der Waals surface area contributed by atoms with Crippen LogP contribution in [0.2, 0.25) is 39.3 Å². The lowest BCUT2D eigenvalue weighted by molar-refractivity contribution is 0.195. The zero-order valence-electron chi connectivity index (χ0n) is 13.0. The number of rotatable bonds is 7. The van der Waals surface area contributed by atoms with Gasteiger partial charge < -0.3 is 9.05 Å². The Morgan fingerprint density at radius 1 is 0.722 bits per heavy atom. The standard InChI is InChI=1S/C12H28N2O2Si2/c1-9-11(13-15-17(3,4)5)12(10-2)14-16-18(6,7)8/h9-10,13-14H,1-8H3. The fourth-order valence-electron chi connectivity index (χ4n) is 0.955. The van der Waals surface area contributed by atoms with Crippen LogP contribution in [0.1, 0.15) is 13.8 Å². The molecule has 0 aromatic rings. The minimum absolute atomic E-state index is 0.901. The first-order valence-electron chi connectivity index (χ1n) is 6.30. The van der Waals surface area contributed by atoms with E-state index >= 15 is 0 Å². The van der Waals surface area contributed by atoms with Gasteiger partial charge in [-0.3, -0.25) is 11.0 Å². The molecule has 0 saturated heterocycles. The molecule has 0 amide bonds. The summed E-state index contributed by atoms with van der Waals surface area (Å²) < 4.78 is 11.4. The van der Waals surface area contributed by atoms with Crippen LogP contribution in [-0.4, -0.2) is 16.6 Å². The predicted octanol–water partition coefficient (Wildman–Crippen LogP) is 3.51. The second kappa shape index (κ2) is 7.13. The second-order valence-corrected chi connectivity index (χ2v) is 14.9. The molecule has 0 spiro atoms. The normalized spacial score (nSPS) is 14.7. The molecule has 0 aliphatic rings. The Morgan fingerprint density at radius 2 is 1.00 bits per heavy atom. The molecule has 0 aliphatic carbocycles. The van der Waals surface area contributed by atoms with Gasteiger partial charge >= 0.3 is 0 Å². The molecular formula is C12H28N2O2Si2. The highest BCUT2D eigenvalue weighted by Gasteiger charge is 2.18. The van der Waals surface area contributed by atoms with Crippen LogP contribution in [0.25, 0.3) is 0 Å². The van der Waals surface area contributed by atoms with Crippen molar-refractivity contribution < 1.29 is 9.05 Å². The van der Waals surface area contributed by atoms with Crippen LogP contribution < -0.4 is 11.0 Å². The van der Waals surface area contributed by atoms with E-state index in [-0.39, 0.29) is 0 Å². The average molecular weight is 289 g/mol. The maximum atomic E-state index is 5.69. The van der Waals surface area contributed by atoms with Crippen molar-refractivity contribution in [1.29, 1.82) is 0 Å². The highest BCUT2D eigenvalue weighted by molar-refractivity contribution is 6.70. The molecule has 18 heavy (non-hydrogen) atoms. The van der Waals surface area contributed by atoms with Crippen LogP contribution in [0.3, 0.4) is 0 Å². The first-order valence-corrected chi connectivity index (χ1v) is 13.1. The molecule has 106 valence electrons. The van der Waals surface area contributed by atoms with Crippen molar-refractivity contribution >= 4 is 16.6 Å². The summed E-state index contributed by atoms with van der Waals surface area (Å²) in [6.07, 6.45) is 3.94. The fourth-order valence-corrected chi connectivity index (χ4v) is 1.79. The zero-order chi connectivity index (χ0) is 14.4. The van der Waals surface area contributed by atoms with Gasteiger partial charge in [-0.1, -0.05) is 12.2 Å². The number of hydroxylamine groups is 2. The molecule has 0 aromatic heterocycles. The highest BCUT2D eigenvalue weighted by atomic mass is 28.4. The van der Waals surface area contributed by atoms with Crippen LogP contribution in [0, 0.1) is 0 Å². The van der Waals surface area contributed by atoms with E-state index in [4.69, 9.17) is 9.05 Å². The minimum atomic E-state index is -1.59. The van der Waals surface area contributed by atoms with E-state index < -0.39 is 16.6 Å². The maximum Gasteiger partial charge on any atom is 0.220 e. The van der Waals surface area contributed by atoms with E-state index in [1.165, 1.54) is 0 Å². The average Bonchev–Trinajstić information content (AvgIpc) is 2.20. The third-order valence-electron chi connectivity index (χ3n) is 1.80. The van der Waals surface area contributed by atoms with E-state index in [1.54, 1.807) is 0 Å². The van der Waals surface area contributed by atoms with Crippen molar-refractivity contribution in [1.82, 2.24) is 11.0 Å². The smallest absolute Gasteiger partial charge is 0.220 e. The Balaban J connectivity index is 4.53.